The number of anilines is 1. The summed E-state index contributed by atoms with van der Waals surface area (Å²) in [6.45, 7) is 0. The SMILES string of the molecule is CNC(=O)Cc1ccc(NC(=O)c2cn(C)nc2C(F)(F)F)cc1. The quantitative estimate of drug-likeness (QED) is 0.894. The van der Waals surface area contributed by atoms with Gasteiger partial charge in [-0.05, 0) is 17.7 Å². The van der Waals surface area contributed by atoms with Gasteiger partial charge in [0.2, 0.25) is 5.91 Å². The topological polar surface area (TPSA) is 76.0 Å². The molecular weight excluding hydrogens is 325 g/mol. The van der Waals surface area contributed by atoms with Gasteiger partial charge in [-0.2, -0.15) is 18.3 Å². The molecule has 0 spiro atoms. The predicted octanol–water partition coefficient (Wildman–Crippen LogP) is 1.98. The fourth-order valence-electron chi connectivity index (χ4n) is 2.04. The van der Waals surface area contributed by atoms with Gasteiger partial charge in [-0.25, -0.2) is 0 Å². The summed E-state index contributed by atoms with van der Waals surface area (Å²) in [4.78, 5) is 23.3. The summed E-state index contributed by atoms with van der Waals surface area (Å²) < 4.78 is 39.6. The summed E-state index contributed by atoms with van der Waals surface area (Å²) in [5.74, 6) is -1.08. The molecule has 0 saturated heterocycles. The van der Waals surface area contributed by atoms with E-state index < -0.39 is 23.3 Å². The van der Waals surface area contributed by atoms with Crippen molar-refractivity contribution in [3.8, 4) is 0 Å². The molecule has 1 heterocycles. The molecule has 2 amide bonds. The van der Waals surface area contributed by atoms with Crippen molar-refractivity contribution in [2.75, 3.05) is 12.4 Å². The highest BCUT2D eigenvalue weighted by Gasteiger charge is 2.38. The third kappa shape index (κ3) is 4.12. The maximum Gasteiger partial charge on any atom is 0.435 e. The van der Waals surface area contributed by atoms with Gasteiger partial charge in [0.15, 0.2) is 5.69 Å². The van der Waals surface area contributed by atoms with E-state index in [0.717, 1.165) is 10.9 Å². The zero-order valence-corrected chi connectivity index (χ0v) is 12.9. The lowest BCUT2D eigenvalue weighted by molar-refractivity contribution is -0.141. The Morgan fingerprint density at radius 3 is 2.38 bits per heavy atom. The molecule has 0 unspecified atom stereocenters. The molecule has 0 fully saturated rings. The minimum Gasteiger partial charge on any atom is -0.359 e. The lowest BCUT2D eigenvalue weighted by Crippen LogP contribution is -2.20. The molecule has 9 heteroatoms. The molecule has 2 aromatic rings. The lowest BCUT2D eigenvalue weighted by Gasteiger charge is -2.08. The van der Waals surface area contributed by atoms with Gasteiger partial charge in [0, 0.05) is 26.0 Å². The number of rotatable bonds is 4. The van der Waals surface area contributed by atoms with Crippen LogP contribution in [0, 0.1) is 0 Å². The van der Waals surface area contributed by atoms with E-state index in [0.29, 0.717) is 11.3 Å². The van der Waals surface area contributed by atoms with Crippen molar-refractivity contribution in [2.45, 2.75) is 12.6 Å². The highest BCUT2D eigenvalue weighted by molar-refractivity contribution is 6.05. The maximum absolute atomic E-state index is 12.9. The Morgan fingerprint density at radius 2 is 1.83 bits per heavy atom. The number of hydrogen-bond acceptors (Lipinski definition) is 3. The van der Waals surface area contributed by atoms with Gasteiger partial charge in [0.25, 0.3) is 5.91 Å². The summed E-state index contributed by atoms with van der Waals surface area (Å²) >= 11 is 0. The second-order valence-electron chi connectivity index (χ2n) is 5.06. The van der Waals surface area contributed by atoms with Crippen LogP contribution in [0.2, 0.25) is 0 Å². The Kier molecular flexibility index (Phi) is 4.91. The van der Waals surface area contributed by atoms with E-state index in [-0.39, 0.29) is 12.3 Å². The number of likely N-dealkylation sites (N-methyl/N-ethyl adjacent to an activating group) is 1. The number of carbonyl (C=O) groups excluding carboxylic acids is 2. The van der Waals surface area contributed by atoms with Gasteiger partial charge in [-0.15, -0.1) is 0 Å². The molecule has 2 rings (SSSR count). The highest BCUT2D eigenvalue weighted by Crippen LogP contribution is 2.30. The van der Waals surface area contributed by atoms with Gasteiger partial charge in [-0.3, -0.25) is 14.3 Å². The van der Waals surface area contributed by atoms with Crippen molar-refractivity contribution in [3.63, 3.8) is 0 Å². The van der Waals surface area contributed by atoms with Gasteiger partial charge in [-0.1, -0.05) is 12.1 Å². The smallest absolute Gasteiger partial charge is 0.359 e. The van der Waals surface area contributed by atoms with Crippen LogP contribution in [0.5, 0.6) is 0 Å². The van der Waals surface area contributed by atoms with Crippen molar-refractivity contribution >= 4 is 17.5 Å². The molecule has 0 aliphatic heterocycles. The molecule has 6 nitrogen and oxygen atoms in total. The van der Waals surface area contributed by atoms with Crippen LogP contribution in [0.4, 0.5) is 18.9 Å². The van der Waals surface area contributed by atoms with Crippen molar-refractivity contribution in [1.82, 2.24) is 15.1 Å². The van der Waals surface area contributed by atoms with Crippen LogP contribution in [-0.4, -0.2) is 28.6 Å². The minimum absolute atomic E-state index is 0.169. The first-order chi connectivity index (χ1) is 11.2. The molecular formula is C15H15F3N4O2. The van der Waals surface area contributed by atoms with Crippen molar-refractivity contribution in [2.24, 2.45) is 7.05 Å². The van der Waals surface area contributed by atoms with Crippen LogP contribution >= 0.6 is 0 Å². The lowest BCUT2D eigenvalue weighted by atomic mass is 10.1. The van der Waals surface area contributed by atoms with Gasteiger partial charge < -0.3 is 10.6 Å². The number of halogens is 3. The maximum atomic E-state index is 12.9. The Hall–Kier alpha value is -2.84. The van der Waals surface area contributed by atoms with Crippen LogP contribution in [-0.2, 0) is 24.4 Å². The van der Waals surface area contributed by atoms with E-state index in [1.807, 2.05) is 0 Å². The monoisotopic (exact) mass is 340 g/mol. The normalized spacial score (nSPS) is 11.2. The summed E-state index contributed by atoms with van der Waals surface area (Å²) in [7, 11) is 2.82. The summed E-state index contributed by atoms with van der Waals surface area (Å²) in [6.07, 6.45) is -3.53. The van der Waals surface area contributed by atoms with Crippen LogP contribution in [0.3, 0.4) is 0 Å². The highest BCUT2D eigenvalue weighted by atomic mass is 19.4. The third-order valence-electron chi connectivity index (χ3n) is 3.20. The van der Waals surface area contributed by atoms with Crippen LogP contribution < -0.4 is 10.6 Å². The summed E-state index contributed by atoms with van der Waals surface area (Å²) in [5.41, 5.74) is -0.763. The zero-order chi connectivity index (χ0) is 17.9. The average Bonchev–Trinajstić information content (AvgIpc) is 2.91. The Bertz CT molecular complexity index is 751. The van der Waals surface area contributed by atoms with E-state index in [4.69, 9.17) is 0 Å². The number of nitrogens with one attached hydrogen (secondary N) is 2. The standard InChI is InChI=1S/C15H15F3N4O2/c1-19-12(23)7-9-3-5-10(6-4-9)20-14(24)11-8-22(2)21-13(11)15(16,17)18/h3-6,8H,7H2,1-2H3,(H,19,23)(H,20,24). The van der Waals surface area contributed by atoms with Gasteiger partial charge >= 0.3 is 6.18 Å². The van der Waals surface area contributed by atoms with Crippen molar-refractivity contribution < 1.29 is 22.8 Å². The number of hydrogen-bond donors (Lipinski definition) is 2. The predicted molar refractivity (Wildman–Crippen MR) is 80.4 cm³/mol. The van der Waals surface area contributed by atoms with E-state index in [1.54, 1.807) is 12.1 Å². The first kappa shape index (κ1) is 17.5. The van der Waals surface area contributed by atoms with Gasteiger partial charge in [0.1, 0.15) is 0 Å². The number of carbonyl (C=O) groups is 2. The minimum atomic E-state index is -4.72. The second kappa shape index (κ2) is 6.73. The third-order valence-corrected chi connectivity index (χ3v) is 3.20. The van der Waals surface area contributed by atoms with Crippen LogP contribution in [0.25, 0.3) is 0 Å². The van der Waals surface area contributed by atoms with E-state index in [1.165, 1.54) is 26.2 Å². The molecule has 0 aliphatic carbocycles. The number of benzene rings is 1. The van der Waals surface area contributed by atoms with E-state index in [9.17, 15) is 22.8 Å². The average molecular weight is 340 g/mol. The summed E-state index contributed by atoms with van der Waals surface area (Å²) in [5, 5.41) is 8.15. The molecule has 0 bridgehead atoms. The van der Waals surface area contributed by atoms with E-state index >= 15 is 0 Å². The fraction of sp³-hybridized carbons (Fsp3) is 0.267. The molecule has 1 aromatic heterocycles. The summed E-state index contributed by atoms with van der Waals surface area (Å²) in [6, 6.07) is 6.25. The number of alkyl halides is 3. The number of nitrogens with zero attached hydrogens (tertiary/aromatic N) is 2. The Labute approximate surface area is 135 Å². The number of amides is 2. The molecule has 128 valence electrons. The second-order valence-corrected chi connectivity index (χ2v) is 5.06. The number of aryl methyl sites for hydroxylation is 1. The molecule has 2 N–H and O–H groups in total. The van der Waals surface area contributed by atoms with Gasteiger partial charge in [0.05, 0.1) is 12.0 Å². The van der Waals surface area contributed by atoms with Crippen molar-refractivity contribution in [3.05, 3.63) is 47.3 Å². The van der Waals surface area contributed by atoms with Crippen molar-refractivity contribution in [1.29, 1.82) is 0 Å². The van der Waals surface area contributed by atoms with Crippen LogP contribution in [0.15, 0.2) is 30.5 Å². The first-order valence-corrected chi connectivity index (χ1v) is 6.92. The molecule has 1 aromatic carbocycles. The fourth-order valence-corrected chi connectivity index (χ4v) is 2.04. The zero-order valence-electron chi connectivity index (χ0n) is 12.9. The molecule has 0 atom stereocenters. The Morgan fingerprint density at radius 1 is 1.21 bits per heavy atom. The largest absolute Gasteiger partial charge is 0.435 e. The molecule has 0 saturated carbocycles. The van der Waals surface area contributed by atoms with Crippen LogP contribution in [0.1, 0.15) is 21.6 Å². The molecule has 0 aliphatic rings. The first-order valence-electron chi connectivity index (χ1n) is 6.92. The molecule has 24 heavy (non-hydrogen) atoms. The van der Waals surface area contributed by atoms with E-state index in [2.05, 4.69) is 15.7 Å². The Balaban J connectivity index is 2.14. The number of aromatic nitrogens is 2. The molecule has 0 radical (unpaired) electrons.